The number of amidine groups is 1. The molecule has 0 bridgehead atoms. The van der Waals surface area contributed by atoms with Gasteiger partial charge in [0.2, 0.25) is 6.79 Å². The molecule has 0 radical (unpaired) electrons. The lowest BCUT2D eigenvalue weighted by Crippen LogP contribution is -2.19. The molecule has 0 amide bonds. The highest BCUT2D eigenvalue weighted by molar-refractivity contribution is 5.87. The summed E-state index contributed by atoms with van der Waals surface area (Å²) in [7, 11) is 0. The first-order chi connectivity index (χ1) is 12.3. The van der Waals surface area contributed by atoms with E-state index in [9.17, 15) is 4.39 Å². The van der Waals surface area contributed by atoms with E-state index >= 15 is 0 Å². The number of aliphatic imine (C=N–C) groups is 1. The summed E-state index contributed by atoms with van der Waals surface area (Å²) in [6.07, 6.45) is 3.52. The number of hydrazone groups is 1. The van der Waals surface area contributed by atoms with Crippen LogP contribution in [0.15, 0.2) is 65.0 Å². The van der Waals surface area contributed by atoms with E-state index in [2.05, 4.69) is 28.7 Å². The zero-order chi connectivity index (χ0) is 19.1. The second-order valence-electron chi connectivity index (χ2n) is 6.07. The van der Waals surface area contributed by atoms with Gasteiger partial charge in [-0.2, -0.15) is 5.10 Å². The monoisotopic (exact) mass is 357 g/mol. The SMILES string of the molecule is C=C(F)/C=C\C(=C)C(C)N=C(C)N/N=C(/C)Cc1ccc2c(c1)OCO2. The quantitative estimate of drug-likeness (QED) is 0.342. The molecule has 1 aliphatic heterocycles. The van der Waals surface area contributed by atoms with Crippen molar-refractivity contribution in [2.75, 3.05) is 6.79 Å². The normalized spacial score (nSPS) is 15.2. The minimum atomic E-state index is -0.513. The Morgan fingerprint density at radius 3 is 2.73 bits per heavy atom. The fourth-order valence-electron chi connectivity index (χ4n) is 2.30. The van der Waals surface area contributed by atoms with Gasteiger partial charge >= 0.3 is 0 Å². The number of allylic oxidation sites excluding steroid dienone is 2. The van der Waals surface area contributed by atoms with E-state index in [4.69, 9.17) is 9.47 Å². The molecule has 26 heavy (non-hydrogen) atoms. The number of nitrogens with one attached hydrogen (secondary N) is 1. The van der Waals surface area contributed by atoms with Crippen LogP contribution in [0.25, 0.3) is 0 Å². The van der Waals surface area contributed by atoms with Crippen LogP contribution in [0.2, 0.25) is 0 Å². The molecule has 0 aromatic heterocycles. The first-order valence-corrected chi connectivity index (χ1v) is 8.28. The van der Waals surface area contributed by atoms with E-state index in [0.717, 1.165) is 22.8 Å². The van der Waals surface area contributed by atoms with Crippen molar-refractivity contribution < 1.29 is 13.9 Å². The summed E-state index contributed by atoms with van der Waals surface area (Å²) in [5.41, 5.74) is 5.61. The molecule has 1 N–H and O–H groups in total. The summed E-state index contributed by atoms with van der Waals surface area (Å²) in [5, 5.41) is 4.34. The molecule has 1 atom stereocenters. The summed E-state index contributed by atoms with van der Waals surface area (Å²) in [5.74, 6) is 1.67. The van der Waals surface area contributed by atoms with Crippen molar-refractivity contribution >= 4 is 11.5 Å². The molecule has 1 aromatic rings. The van der Waals surface area contributed by atoms with E-state index < -0.39 is 5.83 Å². The Labute approximate surface area is 153 Å². The van der Waals surface area contributed by atoms with Crippen LogP contribution in [0.4, 0.5) is 4.39 Å². The maximum atomic E-state index is 12.6. The molecule has 6 heteroatoms. The van der Waals surface area contributed by atoms with Gasteiger partial charge in [0.15, 0.2) is 11.5 Å². The van der Waals surface area contributed by atoms with Crippen LogP contribution in [0.1, 0.15) is 26.3 Å². The summed E-state index contributed by atoms with van der Waals surface area (Å²) in [6.45, 7) is 12.9. The lowest BCUT2D eigenvalue weighted by atomic mass is 10.1. The third-order valence-electron chi connectivity index (χ3n) is 3.71. The zero-order valence-electron chi connectivity index (χ0n) is 15.4. The predicted octanol–water partition coefficient (Wildman–Crippen LogP) is 4.33. The number of rotatable bonds is 7. The molecule has 0 saturated carbocycles. The first kappa shape index (κ1) is 19.4. The topological polar surface area (TPSA) is 55.2 Å². The molecule has 0 saturated heterocycles. The molecule has 0 fully saturated rings. The maximum absolute atomic E-state index is 12.6. The minimum Gasteiger partial charge on any atom is -0.454 e. The van der Waals surface area contributed by atoms with Gasteiger partial charge in [-0.15, -0.1) is 0 Å². The van der Waals surface area contributed by atoms with E-state index in [1.54, 1.807) is 6.08 Å². The molecule has 1 aliphatic rings. The fourth-order valence-corrected chi connectivity index (χ4v) is 2.30. The molecule has 5 nitrogen and oxygen atoms in total. The fraction of sp³-hybridized carbons (Fsp3) is 0.300. The molecule has 0 aliphatic carbocycles. The number of ether oxygens (including phenoxy) is 2. The van der Waals surface area contributed by atoms with Gasteiger partial charge in [-0.3, -0.25) is 10.4 Å². The summed E-state index contributed by atoms with van der Waals surface area (Å²) >= 11 is 0. The highest BCUT2D eigenvalue weighted by Crippen LogP contribution is 2.32. The van der Waals surface area contributed by atoms with Crippen molar-refractivity contribution in [3.63, 3.8) is 0 Å². The van der Waals surface area contributed by atoms with Gasteiger partial charge in [0.05, 0.1) is 6.04 Å². The third kappa shape index (κ3) is 5.88. The summed E-state index contributed by atoms with van der Waals surface area (Å²) in [4.78, 5) is 4.44. The predicted molar refractivity (Wildman–Crippen MR) is 104 cm³/mol. The average molecular weight is 357 g/mol. The molecule has 0 spiro atoms. The Morgan fingerprint density at radius 1 is 1.27 bits per heavy atom. The van der Waals surface area contributed by atoms with Crippen molar-refractivity contribution in [2.45, 2.75) is 33.2 Å². The highest BCUT2D eigenvalue weighted by Gasteiger charge is 2.13. The molecule has 1 aromatic carbocycles. The van der Waals surface area contributed by atoms with Gasteiger partial charge in [-0.1, -0.05) is 25.3 Å². The zero-order valence-corrected chi connectivity index (χ0v) is 15.4. The number of hydrogen-bond donors (Lipinski definition) is 1. The molecular formula is C20H24FN3O2. The lowest BCUT2D eigenvalue weighted by molar-refractivity contribution is 0.174. The van der Waals surface area contributed by atoms with Crippen molar-refractivity contribution in [3.8, 4) is 11.5 Å². The highest BCUT2D eigenvalue weighted by atomic mass is 19.1. The van der Waals surface area contributed by atoms with E-state index in [-0.39, 0.29) is 12.8 Å². The average Bonchev–Trinajstić information content (AvgIpc) is 3.05. The van der Waals surface area contributed by atoms with E-state index in [1.165, 1.54) is 6.08 Å². The number of hydrogen-bond acceptors (Lipinski definition) is 4. The number of nitrogens with zero attached hydrogens (tertiary/aromatic N) is 2. The molecule has 1 heterocycles. The van der Waals surface area contributed by atoms with Crippen LogP contribution < -0.4 is 14.9 Å². The van der Waals surface area contributed by atoms with Crippen molar-refractivity contribution in [2.24, 2.45) is 10.1 Å². The van der Waals surface area contributed by atoms with Gasteiger partial charge in [0, 0.05) is 12.1 Å². The lowest BCUT2D eigenvalue weighted by Gasteiger charge is -2.09. The van der Waals surface area contributed by atoms with E-state index in [0.29, 0.717) is 17.8 Å². The Hall–Kier alpha value is -2.89. The standard InChI is InChI=1S/C20H24FN3O2/c1-13(6-7-14(2)21)16(4)22-17(5)24-23-15(3)10-18-8-9-19-20(11-18)26-12-25-19/h6-9,11,16H,1-2,10,12H2,3-5H3,(H,22,24)/b7-6-,23-15-. The van der Waals surface area contributed by atoms with E-state index in [1.807, 2.05) is 39.0 Å². The van der Waals surface area contributed by atoms with Crippen LogP contribution in [-0.4, -0.2) is 24.4 Å². The van der Waals surface area contributed by atoms with Crippen molar-refractivity contribution in [1.29, 1.82) is 0 Å². The number of halogens is 1. The molecule has 1 unspecified atom stereocenters. The van der Waals surface area contributed by atoms with Crippen LogP contribution in [0.5, 0.6) is 11.5 Å². The largest absolute Gasteiger partial charge is 0.454 e. The molecular weight excluding hydrogens is 333 g/mol. The summed E-state index contributed by atoms with van der Waals surface area (Å²) < 4.78 is 23.3. The number of fused-ring (bicyclic) bond motifs is 1. The second-order valence-corrected chi connectivity index (χ2v) is 6.07. The van der Waals surface area contributed by atoms with Gasteiger partial charge < -0.3 is 9.47 Å². The van der Waals surface area contributed by atoms with Crippen LogP contribution in [0.3, 0.4) is 0 Å². The Bertz CT molecular complexity index is 781. The Balaban J connectivity index is 1.90. The van der Waals surface area contributed by atoms with Crippen LogP contribution >= 0.6 is 0 Å². The Morgan fingerprint density at radius 2 is 2.00 bits per heavy atom. The third-order valence-corrected chi connectivity index (χ3v) is 3.71. The first-order valence-electron chi connectivity index (χ1n) is 8.28. The Kier molecular flexibility index (Phi) is 6.72. The van der Waals surface area contributed by atoms with Gasteiger partial charge in [-0.25, -0.2) is 4.39 Å². The van der Waals surface area contributed by atoms with Gasteiger partial charge in [0.1, 0.15) is 11.7 Å². The van der Waals surface area contributed by atoms with Crippen LogP contribution in [0, 0.1) is 0 Å². The van der Waals surface area contributed by atoms with Gasteiger partial charge in [-0.05, 0) is 50.1 Å². The minimum absolute atomic E-state index is 0.192. The maximum Gasteiger partial charge on any atom is 0.231 e. The second kappa shape index (κ2) is 8.99. The molecule has 2 rings (SSSR count). The van der Waals surface area contributed by atoms with Crippen molar-refractivity contribution in [3.05, 3.63) is 60.5 Å². The van der Waals surface area contributed by atoms with Gasteiger partial charge in [0.25, 0.3) is 0 Å². The van der Waals surface area contributed by atoms with Crippen molar-refractivity contribution in [1.82, 2.24) is 5.43 Å². The molecule has 138 valence electrons. The number of benzene rings is 1. The summed E-state index contributed by atoms with van der Waals surface area (Å²) in [6, 6.07) is 5.66. The van der Waals surface area contributed by atoms with Crippen LogP contribution in [-0.2, 0) is 6.42 Å². The smallest absolute Gasteiger partial charge is 0.231 e.